The molecule has 0 radical (unpaired) electrons. The highest BCUT2D eigenvalue weighted by molar-refractivity contribution is 5.76. The summed E-state index contributed by atoms with van der Waals surface area (Å²) in [7, 11) is 1.34. The molecule has 8 heteroatoms. The molecule has 3 rings (SSSR count). The molecule has 2 heterocycles. The number of nitrogens with zero attached hydrogens (tertiary/aromatic N) is 4. The monoisotopic (exact) mass is 342 g/mol. The maximum Gasteiger partial charge on any atom is 0.333 e. The van der Waals surface area contributed by atoms with Gasteiger partial charge in [0.1, 0.15) is 6.04 Å². The van der Waals surface area contributed by atoms with Crippen molar-refractivity contribution in [1.29, 1.82) is 0 Å². The Morgan fingerprint density at radius 3 is 2.52 bits per heavy atom. The van der Waals surface area contributed by atoms with Crippen molar-refractivity contribution in [1.82, 2.24) is 18.7 Å². The minimum atomic E-state index is -1.14. The van der Waals surface area contributed by atoms with Crippen LogP contribution in [0.5, 0.6) is 0 Å². The van der Waals surface area contributed by atoms with E-state index in [2.05, 4.69) is 4.98 Å². The van der Waals surface area contributed by atoms with Crippen molar-refractivity contribution in [2.75, 3.05) is 0 Å². The molecule has 2 aromatic heterocycles. The first-order valence-electron chi connectivity index (χ1n) is 7.88. The number of carboxylic acid groups (broad SMARTS) is 1. The molecule has 1 N–H and O–H groups in total. The maximum absolute atomic E-state index is 12.6. The Morgan fingerprint density at radius 2 is 1.92 bits per heavy atom. The van der Waals surface area contributed by atoms with Crippen LogP contribution in [0.2, 0.25) is 0 Å². The molecular weight excluding hydrogens is 324 g/mol. The zero-order valence-corrected chi connectivity index (χ0v) is 13.9. The molecule has 8 nitrogen and oxygen atoms in total. The van der Waals surface area contributed by atoms with E-state index in [0.717, 1.165) is 14.7 Å². The largest absolute Gasteiger partial charge is 0.480 e. The number of carbonyl (C=O) groups is 1. The SMILES string of the molecule is CCC(C(=O)O)n1c(=O)n(C)c(=O)c2c1ncn2Cc1ccccc1. The highest BCUT2D eigenvalue weighted by atomic mass is 16.4. The zero-order valence-electron chi connectivity index (χ0n) is 13.9. The normalized spacial score (nSPS) is 12.4. The van der Waals surface area contributed by atoms with Gasteiger partial charge in [0.2, 0.25) is 0 Å². The molecule has 0 aliphatic carbocycles. The Kier molecular flexibility index (Phi) is 4.26. The Bertz CT molecular complexity index is 1050. The van der Waals surface area contributed by atoms with E-state index in [9.17, 15) is 19.5 Å². The molecule has 0 saturated carbocycles. The van der Waals surface area contributed by atoms with Gasteiger partial charge in [-0.05, 0) is 12.0 Å². The number of aromatic nitrogens is 4. The Morgan fingerprint density at radius 1 is 1.24 bits per heavy atom. The lowest BCUT2D eigenvalue weighted by atomic mass is 10.2. The summed E-state index contributed by atoms with van der Waals surface area (Å²) in [6.07, 6.45) is 1.66. The molecule has 130 valence electrons. The highest BCUT2D eigenvalue weighted by Gasteiger charge is 2.25. The van der Waals surface area contributed by atoms with E-state index in [0.29, 0.717) is 6.54 Å². The van der Waals surface area contributed by atoms with Gasteiger partial charge in [-0.3, -0.25) is 13.9 Å². The Labute approximate surface area is 142 Å². The lowest BCUT2D eigenvalue weighted by Gasteiger charge is -2.15. The molecule has 0 aliphatic rings. The molecule has 0 fully saturated rings. The standard InChI is InChI=1S/C17H18N4O4/c1-3-12(16(23)24)21-14-13(15(22)19(2)17(21)25)20(10-18-14)9-11-7-5-4-6-8-11/h4-8,10,12H,3,9H2,1-2H3,(H,23,24). The van der Waals surface area contributed by atoms with E-state index in [4.69, 9.17) is 0 Å². The van der Waals surface area contributed by atoms with Crippen molar-refractivity contribution in [3.8, 4) is 0 Å². The van der Waals surface area contributed by atoms with Crippen molar-refractivity contribution in [3.05, 3.63) is 63.1 Å². The quantitative estimate of drug-likeness (QED) is 0.745. The van der Waals surface area contributed by atoms with Gasteiger partial charge in [0.15, 0.2) is 11.2 Å². The summed E-state index contributed by atoms with van der Waals surface area (Å²) in [5.74, 6) is -1.14. The average molecular weight is 342 g/mol. The van der Waals surface area contributed by atoms with E-state index >= 15 is 0 Å². The molecule has 0 bridgehead atoms. The smallest absolute Gasteiger partial charge is 0.333 e. The first-order valence-corrected chi connectivity index (χ1v) is 7.88. The fraction of sp³-hybridized carbons (Fsp3) is 0.294. The first-order chi connectivity index (χ1) is 12.0. The second-order valence-electron chi connectivity index (χ2n) is 5.81. The van der Waals surface area contributed by atoms with Gasteiger partial charge < -0.3 is 9.67 Å². The molecule has 25 heavy (non-hydrogen) atoms. The molecular formula is C17H18N4O4. The highest BCUT2D eigenvalue weighted by Crippen LogP contribution is 2.16. The van der Waals surface area contributed by atoms with Gasteiger partial charge in [0.25, 0.3) is 5.56 Å². The summed E-state index contributed by atoms with van der Waals surface area (Å²) in [6, 6.07) is 8.42. The van der Waals surface area contributed by atoms with Crippen LogP contribution < -0.4 is 11.2 Å². The van der Waals surface area contributed by atoms with Crippen LogP contribution in [-0.4, -0.2) is 29.8 Å². The van der Waals surface area contributed by atoms with Gasteiger partial charge >= 0.3 is 11.7 Å². The van der Waals surface area contributed by atoms with Crippen molar-refractivity contribution in [2.45, 2.75) is 25.9 Å². The summed E-state index contributed by atoms with van der Waals surface area (Å²) in [5.41, 5.74) is 0.0949. The van der Waals surface area contributed by atoms with Gasteiger partial charge in [-0.15, -0.1) is 0 Å². The van der Waals surface area contributed by atoms with Crippen LogP contribution >= 0.6 is 0 Å². The molecule has 1 aromatic carbocycles. The van der Waals surface area contributed by atoms with E-state index in [1.807, 2.05) is 30.3 Å². The minimum Gasteiger partial charge on any atom is -0.480 e. The zero-order chi connectivity index (χ0) is 18.1. The van der Waals surface area contributed by atoms with Crippen molar-refractivity contribution in [2.24, 2.45) is 7.05 Å². The maximum atomic E-state index is 12.6. The summed E-state index contributed by atoms with van der Waals surface area (Å²) in [6.45, 7) is 2.07. The molecule has 1 atom stereocenters. The lowest BCUT2D eigenvalue weighted by molar-refractivity contribution is -0.141. The number of benzene rings is 1. The summed E-state index contributed by atoms with van der Waals surface area (Å²) in [5, 5.41) is 9.43. The molecule has 0 spiro atoms. The molecule has 3 aromatic rings. The van der Waals surface area contributed by atoms with Gasteiger partial charge in [-0.1, -0.05) is 37.3 Å². The fourth-order valence-electron chi connectivity index (χ4n) is 2.91. The van der Waals surface area contributed by atoms with E-state index in [-0.39, 0.29) is 17.6 Å². The molecule has 0 aliphatic heterocycles. The number of imidazole rings is 1. The fourth-order valence-corrected chi connectivity index (χ4v) is 2.91. The summed E-state index contributed by atoms with van der Waals surface area (Å²) in [4.78, 5) is 40.8. The second-order valence-corrected chi connectivity index (χ2v) is 5.81. The van der Waals surface area contributed by atoms with Gasteiger partial charge in [-0.25, -0.2) is 14.6 Å². The summed E-state index contributed by atoms with van der Waals surface area (Å²) >= 11 is 0. The lowest BCUT2D eigenvalue weighted by Crippen LogP contribution is -2.42. The number of aliphatic carboxylic acids is 1. The van der Waals surface area contributed by atoms with Gasteiger partial charge in [0.05, 0.1) is 6.33 Å². The van der Waals surface area contributed by atoms with Crippen molar-refractivity contribution in [3.63, 3.8) is 0 Å². The van der Waals surface area contributed by atoms with Crippen LogP contribution in [-0.2, 0) is 18.4 Å². The number of carboxylic acids is 1. The molecule has 0 amide bonds. The predicted octanol–water partition coefficient (Wildman–Crippen LogP) is 0.981. The van der Waals surface area contributed by atoms with E-state index in [1.165, 1.54) is 13.4 Å². The van der Waals surface area contributed by atoms with Crippen molar-refractivity contribution < 1.29 is 9.90 Å². The van der Waals surface area contributed by atoms with Crippen LogP contribution in [0.25, 0.3) is 11.2 Å². The van der Waals surface area contributed by atoms with Crippen LogP contribution in [0, 0.1) is 0 Å². The van der Waals surface area contributed by atoms with Crippen LogP contribution in [0.4, 0.5) is 0 Å². The third kappa shape index (κ3) is 2.75. The molecule has 0 saturated heterocycles. The minimum absolute atomic E-state index is 0.0956. The Hall–Kier alpha value is -3.16. The number of hydrogen-bond donors (Lipinski definition) is 1. The molecule has 1 unspecified atom stereocenters. The summed E-state index contributed by atoms with van der Waals surface area (Å²) < 4.78 is 3.65. The third-order valence-corrected chi connectivity index (χ3v) is 4.23. The number of hydrogen-bond acceptors (Lipinski definition) is 4. The number of fused-ring (bicyclic) bond motifs is 1. The van der Waals surface area contributed by atoms with Crippen LogP contribution in [0.15, 0.2) is 46.2 Å². The van der Waals surface area contributed by atoms with Gasteiger partial charge in [0, 0.05) is 13.6 Å². The van der Waals surface area contributed by atoms with Crippen LogP contribution in [0.3, 0.4) is 0 Å². The van der Waals surface area contributed by atoms with Crippen LogP contribution in [0.1, 0.15) is 24.9 Å². The van der Waals surface area contributed by atoms with E-state index < -0.39 is 23.3 Å². The number of rotatable bonds is 5. The predicted molar refractivity (Wildman–Crippen MR) is 91.7 cm³/mol. The van der Waals surface area contributed by atoms with Gasteiger partial charge in [-0.2, -0.15) is 0 Å². The van der Waals surface area contributed by atoms with E-state index in [1.54, 1.807) is 11.5 Å². The first kappa shape index (κ1) is 16.7. The van der Waals surface area contributed by atoms with Crippen molar-refractivity contribution >= 4 is 17.1 Å². The average Bonchev–Trinajstić information content (AvgIpc) is 3.00. The second kappa shape index (κ2) is 6.39. The third-order valence-electron chi connectivity index (χ3n) is 4.23. The Balaban J connectivity index is 2.28. The topological polar surface area (TPSA) is 99.1 Å².